The van der Waals surface area contributed by atoms with Crippen LogP contribution in [0, 0.1) is 19.3 Å². The molecule has 1 aromatic heterocycles. The van der Waals surface area contributed by atoms with Crippen molar-refractivity contribution in [1.29, 1.82) is 5.41 Å². The van der Waals surface area contributed by atoms with E-state index in [0.29, 0.717) is 30.2 Å². The van der Waals surface area contributed by atoms with Crippen molar-refractivity contribution in [3.8, 4) is 11.5 Å². The lowest BCUT2D eigenvalue weighted by Gasteiger charge is -2.25. The number of carbonyl (C=O) groups excluding carboxylic acids is 2. The van der Waals surface area contributed by atoms with E-state index in [9.17, 15) is 9.59 Å². The minimum Gasteiger partial charge on any atom is -0.492 e. The first-order valence-electron chi connectivity index (χ1n) is 12.6. The number of nitrogens with zero attached hydrogens (tertiary/aromatic N) is 2. The number of aryl methyl sites for hydroxylation is 1. The maximum absolute atomic E-state index is 13.3. The summed E-state index contributed by atoms with van der Waals surface area (Å²) >= 11 is 0. The van der Waals surface area contributed by atoms with Gasteiger partial charge in [-0.25, -0.2) is 9.78 Å². The molecule has 2 aromatic rings. The molecule has 3 rings (SSSR count). The van der Waals surface area contributed by atoms with Gasteiger partial charge in [-0.3, -0.25) is 10.2 Å². The van der Waals surface area contributed by atoms with Crippen molar-refractivity contribution in [3.63, 3.8) is 0 Å². The van der Waals surface area contributed by atoms with E-state index in [1.54, 1.807) is 37.8 Å². The van der Waals surface area contributed by atoms with Crippen LogP contribution in [0.25, 0.3) is 0 Å². The van der Waals surface area contributed by atoms with Gasteiger partial charge in [-0.05, 0) is 65.2 Å². The van der Waals surface area contributed by atoms with Gasteiger partial charge < -0.3 is 19.1 Å². The van der Waals surface area contributed by atoms with Gasteiger partial charge in [0.2, 0.25) is 0 Å². The topological polar surface area (TPSA) is 102 Å². The summed E-state index contributed by atoms with van der Waals surface area (Å²) in [5.74, 6) is 0.965. The fourth-order valence-corrected chi connectivity index (χ4v) is 4.36. The smallest absolute Gasteiger partial charge is 0.344 e. The number of esters is 1. The summed E-state index contributed by atoms with van der Waals surface area (Å²) in [7, 11) is 0. The number of ketones is 1. The number of hydrogen-bond acceptors (Lipinski definition) is 7. The van der Waals surface area contributed by atoms with Gasteiger partial charge >= 0.3 is 5.97 Å². The molecule has 2 heterocycles. The van der Waals surface area contributed by atoms with Crippen LogP contribution in [0.5, 0.6) is 11.5 Å². The van der Waals surface area contributed by atoms with E-state index < -0.39 is 11.6 Å². The largest absolute Gasteiger partial charge is 0.492 e. The molecule has 0 bridgehead atoms. The second-order valence-corrected chi connectivity index (χ2v) is 11.4. The van der Waals surface area contributed by atoms with Gasteiger partial charge in [-0.15, -0.1) is 17.0 Å². The van der Waals surface area contributed by atoms with Gasteiger partial charge in [0.1, 0.15) is 28.6 Å². The van der Waals surface area contributed by atoms with Crippen LogP contribution >= 0.6 is 17.0 Å². The van der Waals surface area contributed by atoms with E-state index in [1.807, 2.05) is 47.6 Å². The molecule has 208 valence electrons. The van der Waals surface area contributed by atoms with E-state index in [4.69, 9.17) is 19.6 Å². The molecule has 0 saturated heterocycles. The van der Waals surface area contributed by atoms with Gasteiger partial charge in [0.05, 0.1) is 18.8 Å². The summed E-state index contributed by atoms with van der Waals surface area (Å²) in [5.41, 5.74) is 3.65. The lowest BCUT2D eigenvalue weighted by Crippen LogP contribution is -2.30. The molecule has 0 radical (unpaired) electrons. The molecular formula is C29H40BrN3O5. The van der Waals surface area contributed by atoms with Crippen LogP contribution in [0.3, 0.4) is 0 Å². The summed E-state index contributed by atoms with van der Waals surface area (Å²) < 4.78 is 16.9. The highest BCUT2D eigenvalue weighted by atomic mass is 79.9. The van der Waals surface area contributed by atoms with Crippen molar-refractivity contribution in [3.05, 3.63) is 51.8 Å². The highest BCUT2D eigenvalue weighted by Gasteiger charge is 2.31. The fraction of sp³-hybridized carbons (Fsp3) is 0.517. The first-order chi connectivity index (χ1) is 17.1. The minimum atomic E-state index is -0.593. The number of hydrogen-bond donors (Lipinski definition) is 1. The molecule has 0 atom stereocenters. The van der Waals surface area contributed by atoms with Crippen molar-refractivity contribution >= 4 is 34.6 Å². The highest BCUT2D eigenvalue weighted by molar-refractivity contribution is 8.93. The van der Waals surface area contributed by atoms with Crippen molar-refractivity contribution < 1.29 is 23.8 Å². The molecule has 0 fully saturated rings. The number of rotatable bonds is 8. The third-order valence-corrected chi connectivity index (χ3v) is 6.07. The minimum absolute atomic E-state index is 0. The van der Waals surface area contributed by atoms with Crippen LogP contribution in [0.2, 0.25) is 0 Å². The van der Waals surface area contributed by atoms with Crippen LogP contribution in [0.15, 0.2) is 18.2 Å². The predicted molar refractivity (Wildman–Crippen MR) is 153 cm³/mol. The van der Waals surface area contributed by atoms with Gasteiger partial charge in [-0.1, -0.05) is 20.8 Å². The summed E-state index contributed by atoms with van der Waals surface area (Å²) in [6.07, 6.45) is 0. The molecule has 1 aliphatic heterocycles. The van der Waals surface area contributed by atoms with Gasteiger partial charge in [-0.2, -0.15) is 0 Å². The maximum atomic E-state index is 13.3. The zero-order valence-corrected chi connectivity index (χ0v) is 25.6. The van der Waals surface area contributed by atoms with Crippen molar-refractivity contribution in [2.45, 2.75) is 79.9 Å². The Balaban J connectivity index is 0.00000507. The average molecular weight is 591 g/mol. The molecule has 1 aromatic carbocycles. The molecule has 1 aliphatic rings. The lowest BCUT2D eigenvalue weighted by molar-refractivity contribution is -0.157. The van der Waals surface area contributed by atoms with Crippen LogP contribution in [0.4, 0.5) is 0 Å². The monoisotopic (exact) mass is 589 g/mol. The number of benzene rings is 1. The number of halogens is 1. The zero-order chi connectivity index (χ0) is 27.7. The maximum Gasteiger partial charge on any atom is 0.344 e. The Kier molecular flexibility index (Phi) is 9.75. The van der Waals surface area contributed by atoms with E-state index >= 15 is 0 Å². The Hall–Kier alpha value is -2.94. The first-order valence-corrected chi connectivity index (χ1v) is 12.6. The number of amidine groups is 1. The first kappa shape index (κ1) is 31.3. The van der Waals surface area contributed by atoms with Crippen molar-refractivity contribution in [2.24, 2.45) is 0 Å². The number of carbonyl (C=O) groups is 2. The lowest BCUT2D eigenvalue weighted by atomic mass is 9.85. The van der Waals surface area contributed by atoms with Crippen molar-refractivity contribution in [1.82, 2.24) is 9.88 Å². The Morgan fingerprint density at radius 3 is 2.32 bits per heavy atom. The number of Topliss-reactive ketones (excluding diaryl/α,β-unsaturated/α-hetero) is 1. The summed E-state index contributed by atoms with van der Waals surface area (Å²) in [6, 6.07) is 5.25. The fourth-order valence-electron chi connectivity index (χ4n) is 4.36. The number of aromatic nitrogens is 1. The Labute approximate surface area is 236 Å². The van der Waals surface area contributed by atoms with Crippen LogP contribution in [-0.4, -0.2) is 52.8 Å². The number of ether oxygens (including phenoxy) is 3. The van der Waals surface area contributed by atoms with E-state index in [-0.39, 0.29) is 47.2 Å². The zero-order valence-electron chi connectivity index (χ0n) is 23.9. The molecular weight excluding hydrogens is 550 g/mol. The second-order valence-electron chi connectivity index (χ2n) is 11.4. The molecule has 0 aliphatic carbocycles. The highest BCUT2D eigenvalue weighted by Crippen LogP contribution is 2.34. The molecule has 8 nitrogen and oxygen atoms in total. The van der Waals surface area contributed by atoms with Gasteiger partial charge in [0.15, 0.2) is 12.4 Å². The summed E-state index contributed by atoms with van der Waals surface area (Å²) in [6.45, 7) is 18.1. The van der Waals surface area contributed by atoms with Gasteiger partial charge in [0, 0.05) is 28.8 Å². The third-order valence-electron chi connectivity index (χ3n) is 6.07. The molecule has 0 saturated carbocycles. The standard InChI is InChI=1S/C29H39N3O5.BrH/c1-10-35-26-17(2)20-14-32(27(30)25(20)31-18(26)3)15-22(33)19-11-12-23(21(13-19)28(4,5)6)36-16-24(34)37-29(7,8)9;/h11-13,30H,10,14-16H2,1-9H3;1H. The quantitative estimate of drug-likeness (QED) is 0.310. The van der Waals surface area contributed by atoms with E-state index in [0.717, 1.165) is 28.1 Å². The number of pyridine rings is 1. The molecule has 9 heteroatoms. The summed E-state index contributed by atoms with van der Waals surface area (Å²) in [5, 5.41) is 8.65. The Morgan fingerprint density at radius 2 is 1.74 bits per heavy atom. The predicted octanol–water partition coefficient (Wildman–Crippen LogP) is 5.72. The van der Waals surface area contributed by atoms with Gasteiger partial charge in [0.25, 0.3) is 0 Å². The van der Waals surface area contributed by atoms with E-state index in [2.05, 4.69) is 4.98 Å². The third kappa shape index (κ3) is 7.12. The molecule has 0 amide bonds. The molecule has 1 N–H and O–H groups in total. The van der Waals surface area contributed by atoms with E-state index in [1.165, 1.54) is 0 Å². The number of nitrogens with one attached hydrogen (secondary N) is 1. The SMILES string of the molecule is Br.CCOc1c(C)nc2c(c1C)CN(CC(=O)c1ccc(OCC(=O)OC(C)(C)C)c(C(C)(C)C)c1)C2=N. The van der Waals surface area contributed by atoms with Crippen LogP contribution in [-0.2, 0) is 21.5 Å². The average Bonchev–Trinajstić information content (AvgIpc) is 3.08. The van der Waals surface area contributed by atoms with Crippen molar-refractivity contribution in [2.75, 3.05) is 19.8 Å². The molecule has 0 spiro atoms. The molecule has 38 heavy (non-hydrogen) atoms. The van der Waals surface area contributed by atoms with Crippen LogP contribution in [0.1, 0.15) is 86.9 Å². The Morgan fingerprint density at radius 1 is 1.08 bits per heavy atom. The summed E-state index contributed by atoms with van der Waals surface area (Å²) in [4.78, 5) is 31.8. The molecule has 0 unspecified atom stereocenters. The Bertz CT molecular complexity index is 1230. The second kappa shape index (κ2) is 11.8. The normalized spacial score (nSPS) is 13.1. The number of fused-ring (bicyclic) bond motifs is 1. The van der Waals surface area contributed by atoms with Crippen LogP contribution < -0.4 is 9.47 Å².